The largest absolute Gasteiger partial charge is 0.466 e. The molecule has 9 heteroatoms. The second kappa shape index (κ2) is 7.00. The Kier molecular flexibility index (Phi) is 4.98. The molecule has 3 rings (SSSR count). The van der Waals surface area contributed by atoms with Crippen LogP contribution < -0.4 is 5.32 Å². The Labute approximate surface area is 154 Å². The Balaban J connectivity index is 2.14. The van der Waals surface area contributed by atoms with E-state index in [1.165, 1.54) is 36.6 Å². The number of esters is 1. The van der Waals surface area contributed by atoms with Crippen LogP contribution in [-0.2, 0) is 9.53 Å². The van der Waals surface area contributed by atoms with Gasteiger partial charge in [-0.15, -0.1) is 11.3 Å². The predicted molar refractivity (Wildman–Crippen MR) is 93.9 cm³/mol. The zero-order valence-corrected chi connectivity index (χ0v) is 15.4. The minimum Gasteiger partial charge on any atom is -0.466 e. The van der Waals surface area contributed by atoms with Gasteiger partial charge in [0.15, 0.2) is 10.8 Å². The van der Waals surface area contributed by atoms with Crippen LogP contribution in [0.5, 0.6) is 0 Å². The predicted octanol–water partition coefficient (Wildman–Crippen LogP) is 3.81. The highest BCUT2D eigenvalue weighted by atomic mass is 79.9. The van der Waals surface area contributed by atoms with E-state index in [4.69, 9.17) is 16.3 Å². The van der Waals surface area contributed by atoms with Crippen LogP contribution in [0.1, 0.15) is 16.6 Å². The Hall–Kier alpha value is -1.77. The molecule has 1 atom stereocenters. The van der Waals surface area contributed by atoms with Gasteiger partial charge >= 0.3 is 5.97 Å². The smallest absolute Gasteiger partial charge is 0.338 e. The lowest BCUT2D eigenvalue weighted by Gasteiger charge is -2.24. The molecule has 1 aromatic heterocycles. The zero-order valence-electron chi connectivity index (χ0n) is 12.2. The number of hydrogen-bond donors (Lipinski definition) is 1. The molecule has 1 aliphatic rings. The normalized spacial score (nSPS) is 17.3. The number of ether oxygens (including phenoxy) is 1. The average Bonchev–Trinajstić information content (AvgIpc) is 3.08. The fraction of sp³-hybridized carbons (Fsp3) is 0.133. The van der Waals surface area contributed by atoms with Crippen molar-refractivity contribution in [2.24, 2.45) is 4.99 Å². The molecule has 1 N–H and O–H groups in total. The van der Waals surface area contributed by atoms with E-state index in [0.29, 0.717) is 21.0 Å². The summed E-state index contributed by atoms with van der Waals surface area (Å²) in [4.78, 5) is 20.9. The summed E-state index contributed by atoms with van der Waals surface area (Å²) in [5, 5.41) is 5.63. The average molecular weight is 431 g/mol. The van der Waals surface area contributed by atoms with E-state index in [0.717, 1.165) is 0 Å². The Morgan fingerprint density at radius 2 is 2.29 bits per heavy atom. The molecule has 24 heavy (non-hydrogen) atoms. The summed E-state index contributed by atoms with van der Waals surface area (Å²) in [6.07, 6.45) is 1.65. The molecule has 0 bridgehead atoms. The number of aromatic nitrogens is 1. The fourth-order valence-corrected chi connectivity index (χ4v) is 3.65. The Bertz CT molecular complexity index is 854. The molecule has 0 fully saturated rings. The van der Waals surface area contributed by atoms with Gasteiger partial charge in [-0.1, -0.05) is 17.7 Å². The van der Waals surface area contributed by atoms with Crippen LogP contribution in [0.25, 0.3) is 0 Å². The molecule has 0 aliphatic carbocycles. The van der Waals surface area contributed by atoms with E-state index in [2.05, 4.69) is 31.2 Å². The summed E-state index contributed by atoms with van der Waals surface area (Å²) < 4.78 is 18.6. The highest BCUT2D eigenvalue weighted by molar-refractivity contribution is 9.11. The van der Waals surface area contributed by atoms with Crippen molar-refractivity contribution in [2.75, 3.05) is 7.11 Å². The molecule has 0 saturated carbocycles. The lowest BCUT2D eigenvalue weighted by molar-refractivity contribution is -0.136. The van der Waals surface area contributed by atoms with E-state index < -0.39 is 17.8 Å². The fourth-order valence-electron chi connectivity index (χ4n) is 2.23. The number of amidine groups is 1. The third kappa shape index (κ3) is 3.22. The first-order valence-corrected chi connectivity index (χ1v) is 8.74. The summed E-state index contributed by atoms with van der Waals surface area (Å²) in [6.45, 7) is 0. The lowest BCUT2D eigenvalue weighted by Crippen LogP contribution is -2.31. The minimum atomic E-state index is -0.750. The molecule has 1 aliphatic heterocycles. The molecule has 0 radical (unpaired) electrons. The van der Waals surface area contributed by atoms with E-state index >= 15 is 0 Å². The van der Waals surface area contributed by atoms with Gasteiger partial charge in [-0.3, -0.25) is 4.99 Å². The molecular formula is C15H10BrClFN3O2S. The number of nitrogens with zero attached hydrogens (tertiary/aromatic N) is 2. The molecule has 0 spiro atoms. The van der Waals surface area contributed by atoms with Crippen molar-refractivity contribution >= 4 is 50.7 Å². The van der Waals surface area contributed by atoms with Crippen LogP contribution in [0.15, 0.2) is 44.9 Å². The first-order valence-electron chi connectivity index (χ1n) is 6.69. The molecule has 0 unspecified atom stereocenters. The van der Waals surface area contributed by atoms with Crippen molar-refractivity contribution in [1.29, 1.82) is 0 Å². The van der Waals surface area contributed by atoms with Crippen molar-refractivity contribution in [3.05, 3.63) is 61.4 Å². The van der Waals surface area contributed by atoms with E-state index in [9.17, 15) is 9.18 Å². The van der Waals surface area contributed by atoms with Gasteiger partial charge in [-0.2, -0.15) is 0 Å². The minimum absolute atomic E-state index is 0.172. The van der Waals surface area contributed by atoms with Crippen molar-refractivity contribution < 1.29 is 13.9 Å². The number of hydrogen-bond acceptors (Lipinski definition) is 6. The molecule has 5 nitrogen and oxygen atoms in total. The standard InChI is InChI=1S/C15H10BrClFN3O2S/c1-23-15(22)10-11(8-3-2-7(18)6-9(8)17)20-13(21-12(10)16)14-19-4-5-24-14/h2-6,11H,1H3,(H,20,21)/t11-/m1/s1. The molecule has 1 aromatic carbocycles. The first kappa shape index (κ1) is 17.1. The number of thiazole rings is 1. The van der Waals surface area contributed by atoms with Crippen molar-refractivity contribution in [3.8, 4) is 0 Å². The second-order valence-electron chi connectivity index (χ2n) is 4.73. The molecular weight excluding hydrogens is 421 g/mol. The highest BCUT2D eigenvalue weighted by Crippen LogP contribution is 2.37. The third-order valence-electron chi connectivity index (χ3n) is 3.29. The molecule has 2 aromatic rings. The number of carbonyl (C=O) groups excluding carboxylic acids is 1. The SMILES string of the molecule is COC(=O)C1=C(Br)NC(c2nccs2)=N[C@@H]1c1ccc(F)cc1Cl. The summed E-state index contributed by atoms with van der Waals surface area (Å²) in [5.41, 5.74) is 0.734. The zero-order chi connectivity index (χ0) is 17.3. The lowest BCUT2D eigenvalue weighted by atomic mass is 9.98. The van der Waals surface area contributed by atoms with Crippen molar-refractivity contribution in [3.63, 3.8) is 0 Å². The number of benzene rings is 1. The monoisotopic (exact) mass is 429 g/mol. The number of halogens is 3. The van der Waals surface area contributed by atoms with Gasteiger partial charge < -0.3 is 10.1 Å². The number of nitrogens with one attached hydrogen (secondary N) is 1. The molecule has 124 valence electrons. The van der Waals surface area contributed by atoms with Crippen LogP contribution in [0.2, 0.25) is 5.02 Å². The first-order chi connectivity index (χ1) is 11.5. The number of aliphatic imine (C=N–C) groups is 1. The maximum absolute atomic E-state index is 13.4. The van der Waals surface area contributed by atoms with E-state index in [1.807, 2.05) is 5.38 Å². The third-order valence-corrected chi connectivity index (χ3v) is 5.03. The summed E-state index contributed by atoms with van der Waals surface area (Å²) in [7, 11) is 1.28. The number of carbonyl (C=O) groups is 1. The Morgan fingerprint density at radius 3 is 2.92 bits per heavy atom. The van der Waals surface area contributed by atoms with E-state index in [-0.39, 0.29) is 10.6 Å². The van der Waals surface area contributed by atoms with Crippen molar-refractivity contribution in [2.45, 2.75) is 6.04 Å². The highest BCUT2D eigenvalue weighted by Gasteiger charge is 2.33. The maximum atomic E-state index is 13.4. The van der Waals surface area contributed by atoms with Gasteiger partial charge in [0.05, 0.1) is 17.3 Å². The van der Waals surface area contributed by atoms with Crippen LogP contribution in [0, 0.1) is 5.82 Å². The number of methoxy groups -OCH3 is 1. The van der Waals surface area contributed by atoms with Gasteiger partial charge in [0.1, 0.15) is 11.9 Å². The molecule has 2 heterocycles. The summed E-state index contributed by atoms with van der Waals surface area (Å²) in [5.74, 6) is -0.555. The van der Waals surface area contributed by atoms with Gasteiger partial charge in [-0.25, -0.2) is 14.2 Å². The summed E-state index contributed by atoms with van der Waals surface area (Å²) >= 11 is 10.9. The number of rotatable bonds is 3. The van der Waals surface area contributed by atoms with Crippen molar-refractivity contribution in [1.82, 2.24) is 10.3 Å². The van der Waals surface area contributed by atoms with Gasteiger partial charge in [0.2, 0.25) is 0 Å². The van der Waals surface area contributed by atoms with E-state index in [1.54, 1.807) is 6.20 Å². The Morgan fingerprint density at radius 1 is 1.50 bits per heavy atom. The van der Waals surface area contributed by atoms with Gasteiger partial charge in [-0.05, 0) is 28.1 Å². The van der Waals surface area contributed by atoms with Gasteiger partial charge in [0.25, 0.3) is 0 Å². The summed E-state index contributed by atoms with van der Waals surface area (Å²) in [6, 6.07) is 3.20. The van der Waals surface area contributed by atoms with Gasteiger partial charge in [0, 0.05) is 22.2 Å². The van der Waals surface area contributed by atoms with Crippen LogP contribution in [-0.4, -0.2) is 23.9 Å². The quantitative estimate of drug-likeness (QED) is 0.594. The van der Waals surface area contributed by atoms with Crippen LogP contribution in [0.3, 0.4) is 0 Å². The topological polar surface area (TPSA) is 63.6 Å². The molecule has 0 amide bonds. The van der Waals surface area contributed by atoms with Crippen LogP contribution in [0.4, 0.5) is 4.39 Å². The maximum Gasteiger partial charge on any atom is 0.338 e. The van der Waals surface area contributed by atoms with Crippen LogP contribution >= 0.6 is 38.9 Å². The molecule has 0 saturated heterocycles. The second-order valence-corrected chi connectivity index (χ2v) is 6.82.